The maximum absolute atomic E-state index is 13.0. The molecule has 2 atom stereocenters. The first kappa shape index (κ1) is 19.9. The van der Waals surface area contributed by atoms with Crippen LogP contribution in [0.3, 0.4) is 0 Å². The number of rotatable bonds is 5. The van der Waals surface area contributed by atoms with Crippen LogP contribution in [0.25, 0.3) is 0 Å². The molecule has 154 valence electrons. The Morgan fingerprint density at radius 3 is 1.90 bits per heavy atom. The van der Waals surface area contributed by atoms with Gasteiger partial charge in [0.1, 0.15) is 18.1 Å². The van der Waals surface area contributed by atoms with E-state index in [0.29, 0.717) is 24.0 Å². The summed E-state index contributed by atoms with van der Waals surface area (Å²) in [4.78, 5) is 50.6. The van der Waals surface area contributed by atoms with Crippen molar-refractivity contribution in [2.45, 2.75) is 25.7 Å². The number of benzene rings is 2. The third-order valence-corrected chi connectivity index (χ3v) is 5.67. The van der Waals surface area contributed by atoms with Crippen molar-refractivity contribution in [2.24, 2.45) is 11.8 Å². The Hall–Kier alpha value is -3.35. The first-order valence-electron chi connectivity index (χ1n) is 9.90. The minimum atomic E-state index is -0.715. The molecule has 2 aliphatic rings. The monoisotopic (exact) mass is 409 g/mol. The quantitative estimate of drug-likeness (QED) is 0.328. The molecule has 1 saturated heterocycles. The van der Waals surface area contributed by atoms with Gasteiger partial charge in [0.2, 0.25) is 11.8 Å². The predicted octanol–water partition coefficient (Wildman–Crippen LogP) is 3.14. The molecule has 6 nitrogen and oxygen atoms in total. The van der Waals surface area contributed by atoms with E-state index in [1.165, 1.54) is 48.5 Å². The molecule has 2 aromatic carbocycles. The fourth-order valence-corrected chi connectivity index (χ4v) is 4.12. The zero-order valence-corrected chi connectivity index (χ0v) is 16.2. The number of ether oxygens (including phenoxy) is 1. The van der Waals surface area contributed by atoms with Crippen molar-refractivity contribution in [3.63, 3.8) is 0 Å². The molecule has 0 spiro atoms. The van der Waals surface area contributed by atoms with Gasteiger partial charge in [0.05, 0.1) is 11.8 Å². The lowest BCUT2D eigenvalue weighted by atomic mass is 9.81. The fourth-order valence-electron chi connectivity index (χ4n) is 4.12. The molecule has 2 fully saturated rings. The molecule has 2 aromatic rings. The van der Waals surface area contributed by atoms with Crippen molar-refractivity contribution in [3.05, 3.63) is 65.5 Å². The minimum Gasteiger partial charge on any atom is -0.425 e. The largest absolute Gasteiger partial charge is 0.425 e. The number of ketones is 1. The number of carbonyl (C=O) groups excluding carboxylic acids is 4. The highest BCUT2D eigenvalue weighted by Crippen LogP contribution is 2.37. The normalized spacial score (nSPS) is 20.8. The van der Waals surface area contributed by atoms with E-state index in [1.54, 1.807) is 0 Å². The van der Waals surface area contributed by atoms with Gasteiger partial charge in [-0.3, -0.25) is 19.3 Å². The number of esters is 1. The number of likely N-dealkylation sites (tertiary alicyclic amines) is 1. The summed E-state index contributed by atoms with van der Waals surface area (Å²) < 4.78 is 18.2. The number of nitrogens with zero attached hydrogens (tertiary/aromatic N) is 1. The molecule has 0 bridgehead atoms. The molecule has 2 amide bonds. The third-order valence-electron chi connectivity index (χ3n) is 5.67. The molecular weight excluding hydrogens is 389 g/mol. The van der Waals surface area contributed by atoms with Crippen molar-refractivity contribution < 1.29 is 28.3 Å². The van der Waals surface area contributed by atoms with Gasteiger partial charge in [-0.1, -0.05) is 12.8 Å². The predicted molar refractivity (Wildman–Crippen MR) is 104 cm³/mol. The zero-order valence-electron chi connectivity index (χ0n) is 16.2. The highest BCUT2D eigenvalue weighted by molar-refractivity contribution is 6.09. The van der Waals surface area contributed by atoms with Crippen LogP contribution >= 0.6 is 0 Å². The van der Waals surface area contributed by atoms with Crippen LogP contribution in [0.2, 0.25) is 0 Å². The molecule has 1 aliphatic carbocycles. The van der Waals surface area contributed by atoms with E-state index in [0.717, 1.165) is 17.7 Å². The smallest absolute Gasteiger partial charge is 0.331 e. The number of amides is 2. The van der Waals surface area contributed by atoms with Crippen molar-refractivity contribution in [3.8, 4) is 5.75 Å². The van der Waals surface area contributed by atoms with E-state index in [9.17, 15) is 23.6 Å². The lowest BCUT2D eigenvalue weighted by molar-refractivity contribution is -0.148. The molecule has 30 heavy (non-hydrogen) atoms. The van der Waals surface area contributed by atoms with E-state index < -0.39 is 18.3 Å². The minimum absolute atomic E-state index is 0.201. The van der Waals surface area contributed by atoms with Crippen molar-refractivity contribution in [2.75, 3.05) is 6.54 Å². The zero-order chi connectivity index (χ0) is 21.3. The van der Waals surface area contributed by atoms with Crippen LogP contribution < -0.4 is 4.74 Å². The van der Waals surface area contributed by atoms with E-state index in [1.807, 2.05) is 0 Å². The van der Waals surface area contributed by atoms with Gasteiger partial charge in [0, 0.05) is 11.1 Å². The van der Waals surface area contributed by atoms with E-state index in [2.05, 4.69) is 0 Å². The summed E-state index contributed by atoms with van der Waals surface area (Å²) >= 11 is 0. The van der Waals surface area contributed by atoms with Crippen LogP contribution in [0.1, 0.15) is 41.6 Å². The molecule has 1 saturated carbocycles. The molecule has 0 radical (unpaired) electrons. The third kappa shape index (κ3) is 3.87. The number of fused-ring (bicyclic) bond motifs is 1. The van der Waals surface area contributed by atoms with Gasteiger partial charge in [0.15, 0.2) is 5.78 Å². The number of halogens is 1. The second-order valence-electron chi connectivity index (χ2n) is 7.59. The Kier molecular flexibility index (Phi) is 5.44. The van der Waals surface area contributed by atoms with Gasteiger partial charge >= 0.3 is 5.97 Å². The van der Waals surface area contributed by atoms with E-state index in [4.69, 9.17) is 4.74 Å². The van der Waals surface area contributed by atoms with Crippen LogP contribution in [0.4, 0.5) is 4.39 Å². The standard InChI is InChI=1S/C23H20FNO5/c24-16-9-5-14(6-10-16)21(27)15-7-11-17(12-8-15)30-20(26)13-25-22(28)18-3-1-2-4-19(18)23(25)29/h5-12,18-19H,1-4,13H2/t18-,19-/m0/s1. The first-order chi connectivity index (χ1) is 14.4. The van der Waals surface area contributed by atoms with Crippen molar-refractivity contribution >= 4 is 23.6 Å². The summed E-state index contributed by atoms with van der Waals surface area (Å²) in [7, 11) is 0. The Balaban J connectivity index is 1.38. The van der Waals surface area contributed by atoms with Crippen LogP contribution in [0, 0.1) is 17.7 Å². The molecule has 1 aliphatic heterocycles. The molecular formula is C23H20FNO5. The molecule has 0 aromatic heterocycles. The van der Waals surface area contributed by atoms with Gasteiger partial charge in [-0.05, 0) is 61.4 Å². The summed E-state index contributed by atoms with van der Waals surface area (Å²) in [5, 5.41) is 0. The average Bonchev–Trinajstić information content (AvgIpc) is 2.99. The molecule has 0 unspecified atom stereocenters. The Morgan fingerprint density at radius 1 is 0.867 bits per heavy atom. The second-order valence-corrected chi connectivity index (χ2v) is 7.59. The maximum Gasteiger partial charge on any atom is 0.331 e. The summed E-state index contributed by atoms with van der Waals surface area (Å²) in [6.45, 7) is -0.416. The summed E-state index contributed by atoms with van der Waals surface area (Å²) in [5.41, 5.74) is 0.698. The van der Waals surface area contributed by atoms with E-state index in [-0.39, 0.29) is 35.2 Å². The van der Waals surface area contributed by atoms with Crippen molar-refractivity contribution in [1.82, 2.24) is 4.90 Å². The van der Waals surface area contributed by atoms with E-state index >= 15 is 0 Å². The highest BCUT2D eigenvalue weighted by atomic mass is 19.1. The Bertz CT molecular complexity index is 975. The van der Waals surface area contributed by atoms with Crippen LogP contribution in [-0.2, 0) is 14.4 Å². The van der Waals surface area contributed by atoms with Gasteiger partial charge in [0.25, 0.3) is 0 Å². The van der Waals surface area contributed by atoms with Gasteiger partial charge < -0.3 is 4.74 Å². The first-order valence-corrected chi connectivity index (χ1v) is 9.90. The lowest BCUT2D eigenvalue weighted by Gasteiger charge is -2.19. The second kappa shape index (κ2) is 8.18. The summed E-state index contributed by atoms with van der Waals surface area (Å²) in [6, 6.07) is 11.1. The van der Waals surface area contributed by atoms with Crippen LogP contribution in [0.5, 0.6) is 5.75 Å². The Labute approximate surface area is 172 Å². The average molecular weight is 409 g/mol. The molecule has 4 rings (SSSR count). The van der Waals surface area contributed by atoms with Crippen LogP contribution in [0.15, 0.2) is 48.5 Å². The summed E-state index contributed by atoms with van der Waals surface area (Å²) in [5.74, 6) is -2.43. The molecule has 1 heterocycles. The van der Waals surface area contributed by atoms with Crippen LogP contribution in [-0.4, -0.2) is 35.0 Å². The van der Waals surface area contributed by atoms with Crippen molar-refractivity contribution in [1.29, 1.82) is 0 Å². The lowest BCUT2D eigenvalue weighted by Crippen LogP contribution is -2.37. The number of imide groups is 1. The molecule has 0 N–H and O–H groups in total. The fraction of sp³-hybridized carbons (Fsp3) is 0.304. The highest BCUT2D eigenvalue weighted by Gasteiger charge is 2.48. The number of hydrogen-bond acceptors (Lipinski definition) is 5. The topological polar surface area (TPSA) is 80.8 Å². The number of carbonyl (C=O) groups is 4. The van der Waals surface area contributed by atoms with Gasteiger partial charge in [-0.2, -0.15) is 0 Å². The van der Waals surface area contributed by atoms with Gasteiger partial charge in [-0.15, -0.1) is 0 Å². The SMILES string of the molecule is O=C(CN1C(=O)[C@H]2CCCC[C@@H]2C1=O)Oc1ccc(C(=O)c2ccc(F)cc2)cc1. The summed E-state index contributed by atoms with van der Waals surface area (Å²) in [6.07, 6.45) is 3.21. The van der Waals surface area contributed by atoms with Gasteiger partial charge in [-0.25, -0.2) is 9.18 Å². The molecule has 7 heteroatoms. The maximum atomic E-state index is 13.0. The number of hydrogen-bond donors (Lipinski definition) is 0. The Morgan fingerprint density at radius 2 is 1.37 bits per heavy atom.